The molecule has 2 atom stereocenters. The fraction of sp³-hybridized carbons (Fsp3) is 0.467. The normalized spacial score (nSPS) is 18.6. The van der Waals surface area contributed by atoms with Gasteiger partial charge in [0.2, 0.25) is 12.1 Å². The number of carbonyl (C=O) groups excluding carboxylic acids is 3. The summed E-state index contributed by atoms with van der Waals surface area (Å²) in [6.45, 7) is 2.29. The number of nitrogens with zero attached hydrogens (tertiary/aromatic N) is 2. The van der Waals surface area contributed by atoms with Crippen LogP contribution in [0, 0.1) is 5.92 Å². The molecule has 1 aliphatic heterocycles. The number of hydrogen-bond acceptors (Lipinski definition) is 5. The Morgan fingerprint density at radius 3 is 2.50 bits per heavy atom. The van der Waals surface area contributed by atoms with Crippen molar-refractivity contribution in [2.24, 2.45) is 10.9 Å². The minimum atomic E-state index is -1.09. The van der Waals surface area contributed by atoms with E-state index in [1.54, 1.807) is 11.9 Å². The Hall–Kier alpha value is -3.68. The molecule has 0 aromatic heterocycles. The van der Waals surface area contributed by atoms with Crippen LogP contribution in [0.15, 0.2) is 59.6 Å². The first-order valence-corrected chi connectivity index (χ1v) is 13.7. The van der Waals surface area contributed by atoms with Crippen molar-refractivity contribution in [2.75, 3.05) is 18.6 Å². The Morgan fingerprint density at radius 1 is 1.05 bits per heavy atom. The number of hydrogen-bond donors (Lipinski definition) is 2. The molecule has 202 valence electrons. The predicted molar refractivity (Wildman–Crippen MR) is 148 cm³/mol. The van der Waals surface area contributed by atoms with Crippen LogP contribution in [0.4, 0.5) is 10.5 Å². The predicted octanol–water partition coefficient (Wildman–Crippen LogP) is 4.61. The molecule has 8 heteroatoms. The molecule has 2 aromatic carbocycles. The second kappa shape index (κ2) is 13.2. The molecule has 0 saturated heterocycles. The molecule has 8 nitrogen and oxygen atoms in total. The van der Waals surface area contributed by atoms with Gasteiger partial charge in [-0.3, -0.25) is 14.6 Å². The number of benzene rings is 2. The lowest BCUT2D eigenvalue weighted by molar-refractivity contribution is -0.128. The van der Waals surface area contributed by atoms with Crippen molar-refractivity contribution in [3.05, 3.63) is 65.7 Å². The van der Waals surface area contributed by atoms with Gasteiger partial charge in [-0.15, -0.1) is 0 Å². The Balaban J connectivity index is 1.59. The monoisotopic (exact) mass is 518 g/mol. The van der Waals surface area contributed by atoms with Crippen LogP contribution in [0.1, 0.15) is 63.0 Å². The lowest BCUT2D eigenvalue weighted by Crippen LogP contribution is -2.54. The average Bonchev–Trinajstić information content (AvgIpc) is 3.04. The van der Waals surface area contributed by atoms with Gasteiger partial charge >= 0.3 is 6.09 Å². The fourth-order valence-corrected chi connectivity index (χ4v) is 5.13. The topological polar surface area (TPSA) is 100 Å². The first kappa shape index (κ1) is 27.4. The number of rotatable bonds is 9. The average molecular weight is 519 g/mol. The van der Waals surface area contributed by atoms with E-state index in [2.05, 4.69) is 10.6 Å². The molecule has 38 heavy (non-hydrogen) atoms. The molecule has 4 rings (SSSR count). The fourth-order valence-electron chi connectivity index (χ4n) is 5.13. The molecule has 2 aromatic rings. The highest BCUT2D eigenvalue weighted by Crippen LogP contribution is 2.33. The molecule has 0 radical (unpaired) electrons. The van der Waals surface area contributed by atoms with Crippen molar-refractivity contribution >= 4 is 29.3 Å². The molecule has 2 N–H and O–H groups in total. The largest absolute Gasteiger partial charge is 0.450 e. The standard InChI is InChI=1S/C30H38N4O4/c1-3-4-19-38-30(37)31-24(20-21-13-7-5-8-14-21)28(35)33-27-29(36)34(2)25-18-12-11-17-23(25)26(32-27)22-15-9-6-10-16-22/h5,7-8,11-14,17-18,22,24,27H,3-4,6,9-10,15-16,19-20H2,1-2H3,(H,31,37)(H,33,35)/t24-,27+/m1/s1. The van der Waals surface area contributed by atoms with E-state index in [1.807, 2.05) is 61.5 Å². The van der Waals surface area contributed by atoms with Gasteiger partial charge in [-0.1, -0.05) is 81.1 Å². The van der Waals surface area contributed by atoms with Crippen LogP contribution in [-0.2, 0) is 20.7 Å². The highest BCUT2D eigenvalue weighted by Gasteiger charge is 2.35. The summed E-state index contributed by atoms with van der Waals surface area (Å²) in [5.41, 5.74) is 3.47. The number of unbranched alkanes of at least 4 members (excludes halogenated alkanes) is 1. The Labute approximate surface area is 224 Å². The third-order valence-electron chi connectivity index (χ3n) is 7.27. The van der Waals surface area contributed by atoms with Gasteiger partial charge in [0.15, 0.2) is 0 Å². The number of benzodiazepines with no additional fused rings is 1. The summed E-state index contributed by atoms with van der Waals surface area (Å²) >= 11 is 0. The third-order valence-corrected chi connectivity index (χ3v) is 7.27. The van der Waals surface area contributed by atoms with Gasteiger partial charge in [0.25, 0.3) is 5.91 Å². The second-order valence-electron chi connectivity index (χ2n) is 10.1. The van der Waals surface area contributed by atoms with Gasteiger partial charge in [-0.05, 0) is 30.9 Å². The maximum atomic E-state index is 13.6. The van der Waals surface area contributed by atoms with E-state index in [-0.39, 0.29) is 24.9 Å². The lowest BCUT2D eigenvalue weighted by Gasteiger charge is -2.25. The minimum absolute atomic E-state index is 0.232. The molecule has 0 unspecified atom stereocenters. The molecular formula is C30H38N4O4. The quantitative estimate of drug-likeness (QED) is 0.474. The lowest BCUT2D eigenvalue weighted by atomic mass is 9.83. The molecule has 0 bridgehead atoms. The summed E-state index contributed by atoms with van der Waals surface area (Å²) in [6, 6.07) is 16.3. The van der Waals surface area contributed by atoms with Crippen LogP contribution in [0.2, 0.25) is 0 Å². The van der Waals surface area contributed by atoms with Gasteiger partial charge in [0.05, 0.1) is 18.0 Å². The number of nitrogens with one attached hydrogen (secondary N) is 2. The number of carbonyl (C=O) groups is 3. The Morgan fingerprint density at radius 2 is 1.76 bits per heavy atom. The molecule has 2 aliphatic rings. The highest BCUT2D eigenvalue weighted by atomic mass is 16.5. The van der Waals surface area contributed by atoms with E-state index in [9.17, 15) is 14.4 Å². The SMILES string of the molecule is CCCCOC(=O)N[C@H](Cc1ccccc1)C(=O)N[C@@H]1N=C(C2CCCCC2)c2ccccc2N(C)C1=O. The van der Waals surface area contributed by atoms with Crippen LogP contribution in [0.25, 0.3) is 0 Å². The number of para-hydroxylation sites is 1. The van der Waals surface area contributed by atoms with E-state index in [1.165, 1.54) is 6.42 Å². The van der Waals surface area contributed by atoms with E-state index < -0.39 is 24.2 Å². The van der Waals surface area contributed by atoms with Crippen LogP contribution >= 0.6 is 0 Å². The van der Waals surface area contributed by atoms with Crippen LogP contribution in [-0.4, -0.2) is 49.5 Å². The van der Waals surface area contributed by atoms with Crippen molar-refractivity contribution in [1.29, 1.82) is 0 Å². The number of anilines is 1. The zero-order chi connectivity index (χ0) is 26.9. The number of fused-ring (bicyclic) bond motifs is 1. The van der Waals surface area contributed by atoms with E-state index in [4.69, 9.17) is 9.73 Å². The maximum Gasteiger partial charge on any atom is 0.407 e. The van der Waals surface area contributed by atoms with Gasteiger partial charge in [0, 0.05) is 24.9 Å². The van der Waals surface area contributed by atoms with Gasteiger partial charge < -0.3 is 20.3 Å². The van der Waals surface area contributed by atoms with E-state index >= 15 is 0 Å². The van der Waals surface area contributed by atoms with Crippen molar-refractivity contribution in [2.45, 2.75) is 70.5 Å². The van der Waals surface area contributed by atoms with Crippen molar-refractivity contribution in [3.8, 4) is 0 Å². The molecular weight excluding hydrogens is 480 g/mol. The molecule has 1 fully saturated rings. The number of likely N-dealkylation sites (N-methyl/N-ethyl adjacent to an activating group) is 1. The van der Waals surface area contributed by atoms with E-state index in [0.717, 1.165) is 61.1 Å². The van der Waals surface area contributed by atoms with Gasteiger partial charge in [-0.2, -0.15) is 0 Å². The minimum Gasteiger partial charge on any atom is -0.450 e. The zero-order valence-electron chi connectivity index (χ0n) is 22.3. The van der Waals surface area contributed by atoms with E-state index in [0.29, 0.717) is 0 Å². The third kappa shape index (κ3) is 6.79. The summed E-state index contributed by atoms with van der Waals surface area (Å²) in [4.78, 5) is 46.1. The van der Waals surface area contributed by atoms with Crippen LogP contribution in [0.3, 0.4) is 0 Å². The Kier molecular flexibility index (Phi) is 9.51. The number of amides is 3. The summed E-state index contributed by atoms with van der Waals surface area (Å²) in [7, 11) is 1.71. The summed E-state index contributed by atoms with van der Waals surface area (Å²) in [5.74, 6) is -0.568. The Bertz CT molecular complexity index is 1140. The molecule has 1 saturated carbocycles. The number of aliphatic imine (C=N–C) groups is 1. The number of alkyl carbamates (subject to hydrolysis) is 1. The first-order valence-electron chi connectivity index (χ1n) is 13.7. The molecule has 3 amide bonds. The summed E-state index contributed by atoms with van der Waals surface area (Å²) in [5, 5.41) is 5.55. The van der Waals surface area contributed by atoms with Crippen LogP contribution < -0.4 is 15.5 Å². The molecule has 0 spiro atoms. The summed E-state index contributed by atoms with van der Waals surface area (Å²) < 4.78 is 5.25. The van der Waals surface area contributed by atoms with Crippen LogP contribution in [0.5, 0.6) is 0 Å². The van der Waals surface area contributed by atoms with Crippen molar-refractivity contribution in [3.63, 3.8) is 0 Å². The van der Waals surface area contributed by atoms with Crippen molar-refractivity contribution < 1.29 is 19.1 Å². The second-order valence-corrected chi connectivity index (χ2v) is 10.1. The maximum absolute atomic E-state index is 13.6. The van der Waals surface area contributed by atoms with Gasteiger partial charge in [0.1, 0.15) is 6.04 Å². The smallest absolute Gasteiger partial charge is 0.407 e. The first-order chi connectivity index (χ1) is 18.5. The molecule has 1 aliphatic carbocycles. The van der Waals surface area contributed by atoms with Crippen molar-refractivity contribution in [1.82, 2.24) is 10.6 Å². The molecule has 1 heterocycles. The van der Waals surface area contributed by atoms with Gasteiger partial charge in [-0.25, -0.2) is 4.79 Å². The highest BCUT2D eigenvalue weighted by molar-refractivity contribution is 6.14. The number of ether oxygens (including phenoxy) is 1. The summed E-state index contributed by atoms with van der Waals surface area (Å²) in [6.07, 6.45) is 5.60. The zero-order valence-corrected chi connectivity index (χ0v) is 22.3.